The lowest BCUT2D eigenvalue weighted by atomic mass is 10.2. The molecule has 0 bridgehead atoms. The number of ether oxygens (including phenoxy) is 1. The van der Waals surface area contributed by atoms with Crippen molar-refractivity contribution in [2.24, 2.45) is 0 Å². The molecule has 0 aliphatic rings. The lowest BCUT2D eigenvalue weighted by Crippen LogP contribution is -2.42. The van der Waals surface area contributed by atoms with E-state index < -0.39 is 22.0 Å². The van der Waals surface area contributed by atoms with Crippen LogP contribution in [0.15, 0.2) is 32.7 Å². The summed E-state index contributed by atoms with van der Waals surface area (Å²) in [6.45, 7) is 0. The number of imidazole rings is 1. The van der Waals surface area contributed by atoms with E-state index in [1.165, 1.54) is 19.6 Å². The molecule has 0 aromatic carbocycles. The van der Waals surface area contributed by atoms with Crippen molar-refractivity contribution in [3.63, 3.8) is 0 Å². The molecule has 0 aliphatic carbocycles. The van der Waals surface area contributed by atoms with E-state index in [0.717, 1.165) is 11.3 Å². The van der Waals surface area contributed by atoms with Gasteiger partial charge in [-0.05, 0) is 27.4 Å². The molecule has 0 spiro atoms. The lowest BCUT2D eigenvalue weighted by molar-refractivity contribution is -0.142. The second-order valence-electron chi connectivity index (χ2n) is 4.03. The number of H-pyrrole nitrogens is 1. The summed E-state index contributed by atoms with van der Waals surface area (Å²) in [5.74, 6) is -0.666. The molecule has 0 saturated carbocycles. The van der Waals surface area contributed by atoms with E-state index in [2.05, 4.69) is 35.4 Å². The van der Waals surface area contributed by atoms with Crippen LogP contribution in [0.4, 0.5) is 0 Å². The average Bonchev–Trinajstić information content (AvgIpc) is 3.08. The fraction of sp³-hybridized carbons (Fsp3) is 0.273. The van der Waals surface area contributed by atoms with Crippen LogP contribution in [-0.4, -0.2) is 37.5 Å². The van der Waals surface area contributed by atoms with Gasteiger partial charge in [-0.3, -0.25) is 4.79 Å². The third-order valence-electron chi connectivity index (χ3n) is 2.59. The van der Waals surface area contributed by atoms with Crippen LogP contribution in [0.2, 0.25) is 0 Å². The van der Waals surface area contributed by atoms with Gasteiger partial charge in [-0.15, -0.1) is 11.3 Å². The van der Waals surface area contributed by atoms with Crippen LogP contribution < -0.4 is 4.72 Å². The van der Waals surface area contributed by atoms with Gasteiger partial charge >= 0.3 is 5.97 Å². The van der Waals surface area contributed by atoms with Crippen molar-refractivity contribution in [2.45, 2.75) is 16.7 Å². The monoisotopic (exact) mass is 393 g/mol. The Kier molecular flexibility index (Phi) is 5.14. The molecular weight excluding hydrogens is 382 g/mol. The molecule has 21 heavy (non-hydrogen) atoms. The molecule has 0 saturated heterocycles. The number of thiophene rings is 1. The highest BCUT2D eigenvalue weighted by molar-refractivity contribution is 9.10. The largest absolute Gasteiger partial charge is 0.468 e. The van der Waals surface area contributed by atoms with Crippen molar-refractivity contribution < 1.29 is 17.9 Å². The number of nitrogens with zero attached hydrogens (tertiary/aromatic N) is 1. The van der Waals surface area contributed by atoms with Gasteiger partial charge in [0.25, 0.3) is 10.0 Å². The van der Waals surface area contributed by atoms with E-state index in [4.69, 9.17) is 0 Å². The lowest BCUT2D eigenvalue weighted by Gasteiger charge is -2.15. The summed E-state index contributed by atoms with van der Waals surface area (Å²) < 4.78 is 32.2. The molecule has 2 rings (SSSR count). The zero-order valence-electron chi connectivity index (χ0n) is 10.9. The number of aromatic nitrogens is 2. The minimum Gasteiger partial charge on any atom is -0.468 e. The Labute approximate surface area is 133 Å². The van der Waals surface area contributed by atoms with E-state index in [-0.39, 0.29) is 10.6 Å². The van der Waals surface area contributed by atoms with E-state index in [1.54, 1.807) is 11.4 Å². The van der Waals surface area contributed by atoms with Crippen LogP contribution in [-0.2, 0) is 26.0 Å². The smallest absolute Gasteiger partial charge is 0.324 e. The first kappa shape index (κ1) is 16.1. The van der Waals surface area contributed by atoms with Gasteiger partial charge in [0.05, 0.1) is 13.4 Å². The molecule has 10 heteroatoms. The number of esters is 1. The number of rotatable bonds is 6. The highest BCUT2D eigenvalue weighted by Crippen LogP contribution is 2.27. The van der Waals surface area contributed by atoms with E-state index in [1.807, 2.05) is 0 Å². The molecule has 0 amide bonds. The van der Waals surface area contributed by atoms with Gasteiger partial charge in [0.15, 0.2) is 0 Å². The van der Waals surface area contributed by atoms with Crippen molar-refractivity contribution >= 4 is 43.3 Å². The van der Waals surface area contributed by atoms with Crippen molar-refractivity contribution in [1.82, 2.24) is 14.7 Å². The van der Waals surface area contributed by atoms with Crippen LogP contribution in [0.3, 0.4) is 0 Å². The summed E-state index contributed by atoms with van der Waals surface area (Å²) in [5.41, 5.74) is 0.623. The topological polar surface area (TPSA) is 101 Å². The Balaban J connectivity index is 2.22. The SMILES string of the molecule is COC(=O)[C@H](Cc1cnc[nH]1)NS(=O)(=O)c1sccc1Br. The zero-order valence-corrected chi connectivity index (χ0v) is 14.1. The highest BCUT2D eigenvalue weighted by Gasteiger charge is 2.29. The maximum atomic E-state index is 12.3. The molecule has 0 unspecified atom stereocenters. The molecule has 2 aromatic heterocycles. The minimum atomic E-state index is -3.82. The standard InChI is InChI=1S/C11H12BrN3O4S2/c1-19-10(16)9(4-7-5-13-6-14-7)15-21(17,18)11-8(12)2-3-20-11/h2-3,5-6,9,15H,4H2,1H3,(H,13,14)/t9-/m0/s1. The van der Waals surface area contributed by atoms with Crippen molar-refractivity contribution in [3.05, 3.63) is 34.1 Å². The number of halogens is 1. The molecule has 114 valence electrons. The number of methoxy groups -OCH3 is 1. The Hall–Kier alpha value is -1.23. The summed E-state index contributed by atoms with van der Waals surface area (Å²) in [5, 5.41) is 1.64. The molecule has 0 fully saturated rings. The number of aromatic amines is 1. The first-order valence-corrected chi connectivity index (χ1v) is 8.90. The van der Waals surface area contributed by atoms with Crippen LogP contribution in [0, 0.1) is 0 Å². The van der Waals surface area contributed by atoms with Gasteiger partial charge in [0.1, 0.15) is 10.3 Å². The third-order valence-corrected chi connectivity index (χ3v) is 6.73. The van der Waals surface area contributed by atoms with E-state index >= 15 is 0 Å². The number of hydrogen-bond donors (Lipinski definition) is 2. The zero-order chi connectivity index (χ0) is 15.5. The molecule has 2 N–H and O–H groups in total. The molecule has 2 heterocycles. The predicted octanol–water partition coefficient (Wildman–Crippen LogP) is 1.30. The number of nitrogens with one attached hydrogen (secondary N) is 2. The third kappa shape index (κ3) is 3.90. The average molecular weight is 394 g/mol. The van der Waals surface area contributed by atoms with Crippen LogP contribution in [0.1, 0.15) is 5.69 Å². The summed E-state index contributed by atoms with van der Waals surface area (Å²) in [6, 6.07) is 0.593. The van der Waals surface area contributed by atoms with Crippen molar-refractivity contribution in [2.75, 3.05) is 7.11 Å². The summed E-state index contributed by atoms with van der Waals surface area (Å²) >= 11 is 4.22. The van der Waals surface area contributed by atoms with E-state index in [0.29, 0.717) is 10.2 Å². The molecule has 2 aromatic rings. The number of hydrogen-bond acceptors (Lipinski definition) is 6. The Bertz CT molecular complexity index is 712. The van der Waals surface area contributed by atoms with Crippen LogP contribution in [0.25, 0.3) is 0 Å². The first-order valence-electron chi connectivity index (χ1n) is 5.74. The molecule has 0 radical (unpaired) electrons. The maximum Gasteiger partial charge on any atom is 0.324 e. The van der Waals surface area contributed by atoms with Crippen molar-refractivity contribution in [3.8, 4) is 0 Å². The number of carbonyl (C=O) groups excluding carboxylic acids is 1. The first-order chi connectivity index (χ1) is 9.94. The second-order valence-corrected chi connectivity index (χ2v) is 7.71. The Morgan fingerprint density at radius 2 is 2.38 bits per heavy atom. The van der Waals surface area contributed by atoms with Gasteiger partial charge in [-0.2, -0.15) is 4.72 Å². The van der Waals surface area contributed by atoms with Gasteiger partial charge < -0.3 is 9.72 Å². The predicted molar refractivity (Wildman–Crippen MR) is 80.4 cm³/mol. The quantitative estimate of drug-likeness (QED) is 0.720. The van der Waals surface area contributed by atoms with E-state index in [9.17, 15) is 13.2 Å². The normalized spacial score (nSPS) is 13.0. The number of sulfonamides is 1. The summed E-state index contributed by atoms with van der Waals surface area (Å²) in [4.78, 5) is 18.4. The van der Waals surface area contributed by atoms with Crippen molar-refractivity contribution in [1.29, 1.82) is 0 Å². The van der Waals surface area contributed by atoms with Gasteiger partial charge in [-0.1, -0.05) is 0 Å². The fourth-order valence-corrected chi connectivity index (χ4v) is 5.18. The minimum absolute atomic E-state index is 0.112. The maximum absolute atomic E-state index is 12.3. The highest BCUT2D eigenvalue weighted by atomic mass is 79.9. The van der Waals surface area contributed by atoms with Crippen LogP contribution in [0.5, 0.6) is 0 Å². The van der Waals surface area contributed by atoms with Gasteiger partial charge in [0, 0.05) is 22.8 Å². The Morgan fingerprint density at radius 3 is 2.90 bits per heavy atom. The van der Waals surface area contributed by atoms with Crippen LogP contribution >= 0.6 is 27.3 Å². The summed E-state index contributed by atoms with van der Waals surface area (Å²) in [7, 11) is -2.61. The van der Waals surface area contributed by atoms with Gasteiger partial charge in [0.2, 0.25) is 0 Å². The second kappa shape index (κ2) is 6.69. The molecule has 0 aliphatic heterocycles. The Morgan fingerprint density at radius 1 is 1.62 bits per heavy atom. The number of carbonyl (C=O) groups is 1. The molecular formula is C11H12BrN3O4S2. The van der Waals surface area contributed by atoms with Gasteiger partial charge in [-0.25, -0.2) is 13.4 Å². The molecule has 1 atom stereocenters. The summed E-state index contributed by atoms with van der Waals surface area (Å²) in [6.07, 6.45) is 3.09. The molecule has 7 nitrogen and oxygen atoms in total. The fourth-order valence-electron chi connectivity index (χ4n) is 1.64.